The molecule has 0 unspecified atom stereocenters. The van der Waals surface area contributed by atoms with Crippen molar-refractivity contribution in [1.29, 1.82) is 0 Å². The van der Waals surface area contributed by atoms with E-state index in [4.69, 9.17) is 5.73 Å². The molecule has 0 spiro atoms. The molecule has 1 atom stereocenters. The topological polar surface area (TPSA) is 29.3 Å². The lowest BCUT2D eigenvalue weighted by Crippen LogP contribution is -2.29. The summed E-state index contributed by atoms with van der Waals surface area (Å²) < 4.78 is 35.2. The minimum atomic E-state index is -4.04. The Kier molecular flexibility index (Phi) is 2.95. The van der Waals surface area contributed by atoms with E-state index in [-0.39, 0.29) is 12.6 Å². The van der Waals surface area contributed by atoms with Gasteiger partial charge in [-0.25, -0.2) is 0 Å². The summed E-state index contributed by atoms with van der Waals surface area (Å²) in [7, 11) is 0. The fourth-order valence-corrected chi connectivity index (χ4v) is 1.35. The molecule has 0 aliphatic carbocycles. The number of halogens is 3. The molecule has 1 rings (SSSR count). The lowest BCUT2D eigenvalue weighted by atomic mass is 10.3. The third kappa shape index (κ3) is 3.40. The molecule has 12 heavy (non-hydrogen) atoms. The van der Waals surface area contributed by atoms with E-state index in [1.807, 2.05) is 0 Å². The van der Waals surface area contributed by atoms with Crippen LogP contribution in [0.3, 0.4) is 0 Å². The Morgan fingerprint density at radius 1 is 1.42 bits per heavy atom. The van der Waals surface area contributed by atoms with Gasteiger partial charge in [-0.15, -0.1) is 0 Å². The zero-order valence-electron chi connectivity index (χ0n) is 6.77. The van der Waals surface area contributed by atoms with Crippen LogP contribution in [-0.4, -0.2) is 36.8 Å². The van der Waals surface area contributed by atoms with Gasteiger partial charge in [0.25, 0.3) is 0 Å². The highest BCUT2D eigenvalue weighted by atomic mass is 19.4. The average molecular weight is 182 g/mol. The summed E-state index contributed by atoms with van der Waals surface area (Å²) in [6.07, 6.45) is -3.94. The molecule has 72 valence electrons. The van der Waals surface area contributed by atoms with Crippen LogP contribution in [0.15, 0.2) is 0 Å². The Balaban J connectivity index is 2.16. The minimum Gasteiger partial charge on any atom is -0.326 e. The standard InChI is InChI=1S/C7H13F3N2/c8-7(9,10)2-4-12-3-1-6(11)5-12/h6H,1-5,11H2/t6-/m1/s1. The van der Waals surface area contributed by atoms with E-state index in [9.17, 15) is 13.2 Å². The molecule has 1 aliphatic heterocycles. The molecule has 2 N–H and O–H groups in total. The van der Waals surface area contributed by atoms with Crippen LogP contribution in [0, 0.1) is 0 Å². The molecule has 0 amide bonds. The maximum atomic E-state index is 11.7. The highest BCUT2D eigenvalue weighted by Gasteiger charge is 2.29. The smallest absolute Gasteiger partial charge is 0.326 e. The Hall–Kier alpha value is -0.290. The molecule has 1 aliphatic rings. The van der Waals surface area contributed by atoms with Crippen LogP contribution >= 0.6 is 0 Å². The molecular formula is C7H13F3N2. The molecule has 5 heteroatoms. The summed E-state index contributed by atoms with van der Waals surface area (Å²) in [5.74, 6) is 0. The van der Waals surface area contributed by atoms with Crippen molar-refractivity contribution in [3.05, 3.63) is 0 Å². The first-order valence-corrected chi connectivity index (χ1v) is 4.02. The highest BCUT2D eigenvalue weighted by molar-refractivity contribution is 4.77. The average Bonchev–Trinajstić information content (AvgIpc) is 2.30. The maximum absolute atomic E-state index is 11.7. The molecule has 1 saturated heterocycles. The van der Waals surface area contributed by atoms with E-state index in [0.717, 1.165) is 6.42 Å². The largest absolute Gasteiger partial charge is 0.390 e. The Bertz CT molecular complexity index is 146. The fourth-order valence-electron chi connectivity index (χ4n) is 1.35. The van der Waals surface area contributed by atoms with Crippen molar-refractivity contribution in [3.8, 4) is 0 Å². The van der Waals surface area contributed by atoms with Crippen LogP contribution in [0.1, 0.15) is 12.8 Å². The second kappa shape index (κ2) is 3.62. The van der Waals surface area contributed by atoms with E-state index in [0.29, 0.717) is 13.1 Å². The third-order valence-corrected chi connectivity index (χ3v) is 2.02. The maximum Gasteiger partial charge on any atom is 0.390 e. The van der Waals surface area contributed by atoms with Gasteiger partial charge in [0.15, 0.2) is 0 Å². The van der Waals surface area contributed by atoms with Gasteiger partial charge in [0.2, 0.25) is 0 Å². The van der Waals surface area contributed by atoms with Crippen LogP contribution in [0.4, 0.5) is 13.2 Å². The van der Waals surface area contributed by atoms with Crippen LogP contribution in [0.5, 0.6) is 0 Å². The van der Waals surface area contributed by atoms with Gasteiger partial charge >= 0.3 is 6.18 Å². The summed E-state index contributed by atoms with van der Waals surface area (Å²) in [6, 6.07) is 0.0678. The predicted molar refractivity (Wildman–Crippen MR) is 39.7 cm³/mol. The van der Waals surface area contributed by atoms with Crippen LogP contribution in [0.25, 0.3) is 0 Å². The van der Waals surface area contributed by atoms with E-state index < -0.39 is 12.6 Å². The van der Waals surface area contributed by atoms with Crippen molar-refractivity contribution in [3.63, 3.8) is 0 Å². The predicted octanol–water partition coefficient (Wildman–Crippen LogP) is 0.972. The number of hydrogen-bond donors (Lipinski definition) is 1. The van der Waals surface area contributed by atoms with E-state index in [1.165, 1.54) is 0 Å². The SMILES string of the molecule is N[C@@H]1CCN(CCC(F)(F)F)C1. The van der Waals surface area contributed by atoms with Gasteiger partial charge in [-0.2, -0.15) is 13.2 Å². The van der Waals surface area contributed by atoms with Crippen LogP contribution in [0.2, 0.25) is 0 Å². The lowest BCUT2D eigenvalue weighted by Gasteiger charge is -2.15. The van der Waals surface area contributed by atoms with Gasteiger partial charge in [0.05, 0.1) is 6.42 Å². The molecule has 0 saturated carbocycles. The Labute approximate surface area is 69.5 Å². The quantitative estimate of drug-likeness (QED) is 0.689. The molecule has 1 fully saturated rings. The van der Waals surface area contributed by atoms with Gasteiger partial charge in [-0.05, 0) is 13.0 Å². The molecule has 1 heterocycles. The van der Waals surface area contributed by atoms with Gasteiger partial charge in [-0.1, -0.05) is 0 Å². The van der Waals surface area contributed by atoms with E-state index in [2.05, 4.69) is 0 Å². The van der Waals surface area contributed by atoms with E-state index >= 15 is 0 Å². The monoisotopic (exact) mass is 182 g/mol. The number of nitrogens with zero attached hydrogens (tertiary/aromatic N) is 1. The summed E-state index contributed by atoms with van der Waals surface area (Å²) in [5.41, 5.74) is 5.54. The van der Waals surface area contributed by atoms with Crippen molar-refractivity contribution in [2.75, 3.05) is 19.6 Å². The van der Waals surface area contributed by atoms with Crippen LogP contribution in [-0.2, 0) is 0 Å². The summed E-state index contributed by atoms with van der Waals surface area (Å²) in [6.45, 7) is 1.41. The molecule has 0 aromatic carbocycles. The van der Waals surface area contributed by atoms with Crippen molar-refractivity contribution >= 4 is 0 Å². The molecule has 0 aromatic rings. The minimum absolute atomic E-state index is 0.0678. The highest BCUT2D eigenvalue weighted by Crippen LogP contribution is 2.20. The zero-order chi connectivity index (χ0) is 9.19. The summed E-state index contributed by atoms with van der Waals surface area (Å²) >= 11 is 0. The number of nitrogens with two attached hydrogens (primary N) is 1. The number of alkyl halides is 3. The zero-order valence-corrected chi connectivity index (χ0v) is 6.77. The number of hydrogen-bond acceptors (Lipinski definition) is 2. The van der Waals surface area contributed by atoms with Crippen molar-refractivity contribution < 1.29 is 13.2 Å². The first-order chi connectivity index (χ1) is 5.47. The molecule has 0 aromatic heterocycles. The molecular weight excluding hydrogens is 169 g/mol. The van der Waals surface area contributed by atoms with Gasteiger partial charge in [-0.3, -0.25) is 0 Å². The van der Waals surface area contributed by atoms with E-state index in [1.54, 1.807) is 4.90 Å². The lowest BCUT2D eigenvalue weighted by molar-refractivity contribution is -0.137. The van der Waals surface area contributed by atoms with Crippen molar-refractivity contribution in [1.82, 2.24) is 4.90 Å². The number of rotatable bonds is 2. The Morgan fingerprint density at radius 2 is 2.08 bits per heavy atom. The summed E-state index contributed by atoms with van der Waals surface area (Å²) in [5, 5.41) is 0. The van der Waals surface area contributed by atoms with Gasteiger partial charge < -0.3 is 10.6 Å². The normalized spacial score (nSPS) is 26.5. The second-order valence-corrected chi connectivity index (χ2v) is 3.21. The third-order valence-electron chi connectivity index (χ3n) is 2.02. The molecule has 0 bridgehead atoms. The second-order valence-electron chi connectivity index (χ2n) is 3.21. The Morgan fingerprint density at radius 3 is 2.50 bits per heavy atom. The fraction of sp³-hybridized carbons (Fsp3) is 1.00. The number of likely N-dealkylation sites (tertiary alicyclic amines) is 1. The van der Waals surface area contributed by atoms with Gasteiger partial charge in [0, 0.05) is 19.1 Å². The molecule has 0 radical (unpaired) electrons. The first kappa shape index (κ1) is 9.80. The van der Waals surface area contributed by atoms with Crippen molar-refractivity contribution in [2.24, 2.45) is 5.73 Å². The first-order valence-electron chi connectivity index (χ1n) is 4.02. The van der Waals surface area contributed by atoms with Gasteiger partial charge in [0.1, 0.15) is 0 Å². The molecule has 2 nitrogen and oxygen atoms in total. The van der Waals surface area contributed by atoms with Crippen LogP contribution < -0.4 is 5.73 Å². The summed E-state index contributed by atoms with van der Waals surface area (Å²) in [4.78, 5) is 1.76. The van der Waals surface area contributed by atoms with Crippen molar-refractivity contribution in [2.45, 2.75) is 25.1 Å².